The molecule has 1 fully saturated rings. The van der Waals surface area contributed by atoms with Crippen molar-refractivity contribution in [2.75, 3.05) is 27.4 Å². The SMILES string of the molecule is C=CC[C@@]1(Cl)C(=O)C(Cl)C(=NCCO)C1(OC)OC. The Bertz CT molecular complexity index is 395. The van der Waals surface area contributed by atoms with E-state index >= 15 is 0 Å². The van der Waals surface area contributed by atoms with Crippen LogP contribution in [0.5, 0.6) is 0 Å². The number of ketones is 1. The molecule has 1 aliphatic carbocycles. The molecule has 7 heteroatoms. The molecular weight excluding hydrogens is 293 g/mol. The standard InChI is InChI=1S/C12H17Cl2NO4/c1-4-5-11(14)10(17)8(13)9(15-6-7-16)12(11,18-2)19-3/h4,8,16H,1,5-7H2,2-3H3/t8?,11-/m1/s1. The maximum absolute atomic E-state index is 12.3. The van der Waals surface area contributed by atoms with Crippen molar-refractivity contribution in [3.8, 4) is 0 Å². The summed E-state index contributed by atoms with van der Waals surface area (Å²) in [6.45, 7) is 3.49. The van der Waals surface area contributed by atoms with Crippen molar-refractivity contribution in [3.05, 3.63) is 12.7 Å². The van der Waals surface area contributed by atoms with Crippen molar-refractivity contribution in [1.29, 1.82) is 0 Å². The van der Waals surface area contributed by atoms with Crippen LogP contribution in [0.1, 0.15) is 6.42 Å². The highest BCUT2D eigenvalue weighted by atomic mass is 35.5. The summed E-state index contributed by atoms with van der Waals surface area (Å²) in [5, 5.41) is 7.81. The summed E-state index contributed by atoms with van der Waals surface area (Å²) in [5.74, 6) is -2.00. The fraction of sp³-hybridized carbons (Fsp3) is 0.667. The molecule has 108 valence electrons. The van der Waals surface area contributed by atoms with Gasteiger partial charge in [0.15, 0.2) is 10.7 Å². The molecule has 0 radical (unpaired) electrons. The van der Waals surface area contributed by atoms with E-state index in [1.165, 1.54) is 20.3 Å². The number of halogens is 2. The number of nitrogens with zero attached hydrogens (tertiary/aromatic N) is 1. The highest BCUT2D eigenvalue weighted by Gasteiger charge is 2.68. The first-order chi connectivity index (χ1) is 8.95. The molecule has 0 saturated heterocycles. The van der Waals surface area contributed by atoms with Crippen LogP contribution in [0.15, 0.2) is 17.6 Å². The zero-order valence-corrected chi connectivity index (χ0v) is 12.4. The highest BCUT2D eigenvalue weighted by molar-refractivity contribution is 6.56. The van der Waals surface area contributed by atoms with Gasteiger partial charge in [-0.25, -0.2) is 0 Å². The number of carbonyl (C=O) groups excluding carboxylic acids is 1. The molecule has 0 aliphatic heterocycles. The maximum atomic E-state index is 12.3. The topological polar surface area (TPSA) is 68.1 Å². The third-order valence-electron chi connectivity index (χ3n) is 3.10. The number of ether oxygens (including phenoxy) is 2. The first-order valence-corrected chi connectivity index (χ1v) is 6.50. The molecule has 0 spiro atoms. The number of hydrogen-bond acceptors (Lipinski definition) is 5. The number of allylic oxidation sites excluding steroid dienone is 1. The number of aliphatic hydroxyl groups is 1. The number of carbonyl (C=O) groups is 1. The fourth-order valence-electron chi connectivity index (χ4n) is 2.26. The van der Waals surface area contributed by atoms with Gasteiger partial charge in [0.05, 0.1) is 18.9 Å². The second kappa shape index (κ2) is 6.33. The molecule has 1 aliphatic rings. The van der Waals surface area contributed by atoms with E-state index in [4.69, 9.17) is 37.8 Å². The molecule has 1 unspecified atom stereocenters. The van der Waals surface area contributed by atoms with Crippen LogP contribution in [-0.2, 0) is 14.3 Å². The van der Waals surface area contributed by atoms with Crippen molar-refractivity contribution < 1.29 is 19.4 Å². The molecule has 1 saturated carbocycles. The normalized spacial score (nSPS) is 31.9. The molecule has 5 nitrogen and oxygen atoms in total. The van der Waals surface area contributed by atoms with Gasteiger partial charge in [0.25, 0.3) is 0 Å². The van der Waals surface area contributed by atoms with E-state index in [0.717, 1.165) is 0 Å². The van der Waals surface area contributed by atoms with Gasteiger partial charge in [0.2, 0.25) is 5.79 Å². The summed E-state index contributed by atoms with van der Waals surface area (Å²) in [6.07, 6.45) is 1.62. The number of aliphatic imine (C=N–C) groups is 1. The van der Waals surface area contributed by atoms with Gasteiger partial charge in [-0.3, -0.25) is 9.79 Å². The van der Waals surface area contributed by atoms with E-state index < -0.39 is 21.8 Å². The van der Waals surface area contributed by atoms with E-state index in [2.05, 4.69) is 11.6 Å². The summed E-state index contributed by atoms with van der Waals surface area (Å²) in [6, 6.07) is 0. The summed E-state index contributed by atoms with van der Waals surface area (Å²) in [4.78, 5) is 14.9. The Kier molecular flexibility index (Phi) is 5.53. The Morgan fingerprint density at radius 3 is 2.53 bits per heavy atom. The van der Waals surface area contributed by atoms with Gasteiger partial charge in [-0.1, -0.05) is 6.08 Å². The average molecular weight is 310 g/mol. The van der Waals surface area contributed by atoms with Gasteiger partial charge in [-0.15, -0.1) is 29.8 Å². The predicted molar refractivity (Wildman–Crippen MR) is 74.2 cm³/mol. The van der Waals surface area contributed by atoms with Gasteiger partial charge in [-0.05, 0) is 6.42 Å². The van der Waals surface area contributed by atoms with E-state index in [9.17, 15) is 4.79 Å². The lowest BCUT2D eigenvalue weighted by Gasteiger charge is -2.37. The van der Waals surface area contributed by atoms with Gasteiger partial charge in [0, 0.05) is 14.2 Å². The van der Waals surface area contributed by atoms with Crippen molar-refractivity contribution in [3.63, 3.8) is 0 Å². The number of rotatable bonds is 6. The Morgan fingerprint density at radius 1 is 1.53 bits per heavy atom. The minimum atomic E-state index is -1.55. The van der Waals surface area contributed by atoms with E-state index in [-0.39, 0.29) is 25.3 Å². The lowest BCUT2D eigenvalue weighted by molar-refractivity contribution is -0.174. The van der Waals surface area contributed by atoms with Gasteiger partial charge in [0.1, 0.15) is 5.38 Å². The number of alkyl halides is 2. The quantitative estimate of drug-likeness (QED) is 0.454. The first kappa shape index (κ1) is 16.6. The van der Waals surface area contributed by atoms with Crippen LogP contribution in [0.3, 0.4) is 0 Å². The van der Waals surface area contributed by atoms with Crippen LogP contribution in [0.25, 0.3) is 0 Å². The van der Waals surface area contributed by atoms with Gasteiger partial charge < -0.3 is 14.6 Å². The Morgan fingerprint density at radius 2 is 2.11 bits per heavy atom. The Hall–Kier alpha value is -0.460. The number of aliphatic hydroxyl groups excluding tert-OH is 1. The van der Waals surface area contributed by atoms with Crippen LogP contribution >= 0.6 is 23.2 Å². The summed E-state index contributed by atoms with van der Waals surface area (Å²) >= 11 is 12.5. The Balaban J connectivity index is 3.41. The van der Waals surface area contributed by atoms with E-state index in [0.29, 0.717) is 0 Å². The largest absolute Gasteiger partial charge is 0.394 e. The number of hydrogen-bond donors (Lipinski definition) is 1. The van der Waals surface area contributed by atoms with Gasteiger partial charge >= 0.3 is 0 Å². The van der Waals surface area contributed by atoms with Crippen molar-refractivity contribution >= 4 is 34.7 Å². The molecule has 19 heavy (non-hydrogen) atoms. The van der Waals surface area contributed by atoms with Crippen LogP contribution in [-0.4, -0.2) is 60.0 Å². The van der Waals surface area contributed by atoms with Crippen LogP contribution in [0, 0.1) is 0 Å². The molecule has 1 N–H and O–H groups in total. The molecular formula is C12H17Cl2NO4. The van der Waals surface area contributed by atoms with Crippen molar-refractivity contribution in [1.82, 2.24) is 0 Å². The minimum absolute atomic E-state index is 0.0847. The summed E-state index contributed by atoms with van der Waals surface area (Å²) in [7, 11) is 2.72. The molecule has 0 aromatic heterocycles. The molecule has 0 aromatic carbocycles. The summed E-state index contributed by atoms with van der Waals surface area (Å²) in [5.41, 5.74) is 0.176. The Labute approximate surface area is 122 Å². The molecule has 0 heterocycles. The van der Waals surface area contributed by atoms with E-state index in [1.54, 1.807) is 0 Å². The maximum Gasteiger partial charge on any atom is 0.236 e. The molecule has 2 atom stereocenters. The second-order valence-corrected chi connectivity index (χ2v) is 5.12. The van der Waals surface area contributed by atoms with Crippen molar-refractivity contribution in [2.24, 2.45) is 4.99 Å². The third kappa shape index (κ3) is 2.34. The zero-order valence-electron chi connectivity index (χ0n) is 10.9. The minimum Gasteiger partial charge on any atom is -0.394 e. The van der Waals surface area contributed by atoms with E-state index in [1.807, 2.05) is 0 Å². The molecule has 0 amide bonds. The number of Topliss-reactive ketones (excluding diaryl/α,β-unsaturated/α-hetero) is 1. The first-order valence-electron chi connectivity index (χ1n) is 5.69. The van der Waals surface area contributed by atoms with Gasteiger partial charge in [-0.2, -0.15) is 0 Å². The van der Waals surface area contributed by atoms with Crippen molar-refractivity contribution in [2.45, 2.75) is 22.5 Å². The average Bonchev–Trinajstić information content (AvgIpc) is 2.56. The van der Waals surface area contributed by atoms with Crippen LogP contribution in [0.2, 0.25) is 0 Å². The molecule has 0 bridgehead atoms. The zero-order chi connectivity index (χ0) is 14.7. The highest BCUT2D eigenvalue weighted by Crippen LogP contribution is 2.47. The third-order valence-corrected chi connectivity index (χ3v) is 4.10. The lowest BCUT2D eigenvalue weighted by atomic mass is 9.95. The predicted octanol–water partition coefficient (Wildman–Crippen LogP) is 1.15. The monoisotopic (exact) mass is 309 g/mol. The molecule has 0 aromatic rings. The lowest BCUT2D eigenvalue weighted by Crippen LogP contribution is -2.55. The molecule has 1 rings (SSSR count). The smallest absolute Gasteiger partial charge is 0.236 e. The fourth-order valence-corrected chi connectivity index (χ4v) is 3.19. The summed E-state index contributed by atoms with van der Waals surface area (Å²) < 4.78 is 10.7. The van der Waals surface area contributed by atoms with Crippen LogP contribution < -0.4 is 0 Å². The second-order valence-electron chi connectivity index (χ2n) is 4.04. The number of methoxy groups -OCH3 is 2. The van der Waals surface area contributed by atoms with Crippen LogP contribution in [0.4, 0.5) is 0 Å².